The maximum absolute atomic E-state index is 13.2. The smallest absolute Gasteiger partial charge is 0.278 e. The molecule has 0 aliphatic carbocycles. The van der Waals surface area contributed by atoms with Crippen LogP contribution in [0, 0.1) is 20.8 Å². The van der Waals surface area contributed by atoms with Crippen LogP contribution in [0.15, 0.2) is 29.1 Å². The molecule has 2 aromatic heterocycles. The molecular formula is C22H26N4O2. The lowest BCUT2D eigenvalue weighted by atomic mass is 10.1. The SMILES string of the molecule is Cc1ccc(NC(=O)Cn2c(C)cc3nc4n(c(=O)c32)CCCCC4)c(C)c1. The van der Waals surface area contributed by atoms with Gasteiger partial charge in [0, 0.05) is 24.3 Å². The summed E-state index contributed by atoms with van der Waals surface area (Å²) in [6.07, 6.45) is 4.01. The highest BCUT2D eigenvalue weighted by atomic mass is 16.2. The van der Waals surface area contributed by atoms with E-state index in [-0.39, 0.29) is 18.0 Å². The van der Waals surface area contributed by atoms with Gasteiger partial charge in [-0.2, -0.15) is 0 Å². The van der Waals surface area contributed by atoms with Crippen molar-refractivity contribution >= 4 is 22.6 Å². The number of amides is 1. The highest BCUT2D eigenvalue weighted by Crippen LogP contribution is 2.20. The van der Waals surface area contributed by atoms with Crippen LogP contribution < -0.4 is 10.9 Å². The van der Waals surface area contributed by atoms with Crippen LogP contribution in [-0.4, -0.2) is 20.0 Å². The number of fused-ring (bicyclic) bond motifs is 2. The molecule has 3 heterocycles. The summed E-state index contributed by atoms with van der Waals surface area (Å²) in [5.74, 6) is 0.721. The predicted molar refractivity (Wildman–Crippen MR) is 111 cm³/mol. The van der Waals surface area contributed by atoms with Gasteiger partial charge in [0.15, 0.2) is 0 Å². The third-order valence-corrected chi connectivity index (χ3v) is 5.53. The van der Waals surface area contributed by atoms with Crippen LogP contribution in [0.3, 0.4) is 0 Å². The van der Waals surface area contributed by atoms with Crippen molar-refractivity contribution in [1.82, 2.24) is 14.1 Å². The van der Waals surface area contributed by atoms with Crippen molar-refractivity contribution in [1.29, 1.82) is 0 Å². The minimum absolute atomic E-state index is 0.0330. The molecule has 1 N–H and O–H groups in total. The fourth-order valence-electron chi connectivity index (χ4n) is 4.06. The molecule has 146 valence electrons. The highest BCUT2D eigenvalue weighted by Gasteiger charge is 2.19. The number of aryl methyl sites for hydroxylation is 4. The lowest BCUT2D eigenvalue weighted by Crippen LogP contribution is -2.28. The first kappa shape index (κ1) is 18.5. The molecule has 4 rings (SSSR count). The number of anilines is 1. The average molecular weight is 378 g/mol. The van der Waals surface area contributed by atoms with Crippen molar-refractivity contribution < 1.29 is 4.79 Å². The molecule has 0 saturated heterocycles. The topological polar surface area (TPSA) is 68.9 Å². The molecule has 6 nitrogen and oxygen atoms in total. The van der Waals surface area contributed by atoms with Crippen LogP contribution >= 0.6 is 0 Å². The fourth-order valence-corrected chi connectivity index (χ4v) is 4.06. The van der Waals surface area contributed by atoms with Gasteiger partial charge in [0.2, 0.25) is 5.91 Å². The number of benzene rings is 1. The van der Waals surface area contributed by atoms with E-state index in [1.54, 1.807) is 9.13 Å². The average Bonchev–Trinajstić information content (AvgIpc) is 2.81. The van der Waals surface area contributed by atoms with Gasteiger partial charge in [-0.25, -0.2) is 4.98 Å². The van der Waals surface area contributed by atoms with Gasteiger partial charge in [-0.15, -0.1) is 0 Å². The number of hydrogen-bond donors (Lipinski definition) is 1. The van der Waals surface area contributed by atoms with E-state index in [4.69, 9.17) is 4.98 Å². The Balaban J connectivity index is 1.68. The van der Waals surface area contributed by atoms with Crippen molar-refractivity contribution in [3.05, 3.63) is 57.3 Å². The van der Waals surface area contributed by atoms with E-state index in [0.717, 1.165) is 54.0 Å². The Kier molecular flexibility index (Phi) is 4.79. The third-order valence-electron chi connectivity index (χ3n) is 5.53. The fraction of sp³-hybridized carbons (Fsp3) is 0.409. The zero-order valence-electron chi connectivity index (χ0n) is 16.7. The number of carbonyl (C=O) groups is 1. The van der Waals surface area contributed by atoms with Crippen molar-refractivity contribution in [2.75, 3.05) is 5.32 Å². The first-order valence-electron chi connectivity index (χ1n) is 9.90. The Morgan fingerprint density at radius 2 is 1.96 bits per heavy atom. The first-order chi connectivity index (χ1) is 13.4. The van der Waals surface area contributed by atoms with E-state index in [0.29, 0.717) is 17.6 Å². The molecule has 3 aromatic rings. The second-order valence-electron chi connectivity index (χ2n) is 7.77. The number of rotatable bonds is 3. The molecular weight excluding hydrogens is 352 g/mol. The van der Waals surface area contributed by atoms with Crippen LogP contribution in [0.5, 0.6) is 0 Å². The van der Waals surface area contributed by atoms with Crippen molar-refractivity contribution in [2.45, 2.75) is 59.5 Å². The second-order valence-corrected chi connectivity index (χ2v) is 7.77. The number of carbonyl (C=O) groups excluding carboxylic acids is 1. The molecule has 0 saturated carbocycles. The molecule has 0 fully saturated rings. The van der Waals surface area contributed by atoms with Crippen LogP contribution in [0.4, 0.5) is 5.69 Å². The van der Waals surface area contributed by atoms with E-state index >= 15 is 0 Å². The van der Waals surface area contributed by atoms with E-state index < -0.39 is 0 Å². The minimum Gasteiger partial charge on any atom is -0.330 e. The van der Waals surface area contributed by atoms with Gasteiger partial charge in [0.25, 0.3) is 5.56 Å². The van der Waals surface area contributed by atoms with Crippen LogP contribution in [0.25, 0.3) is 11.0 Å². The molecule has 1 aromatic carbocycles. The molecule has 6 heteroatoms. The minimum atomic E-state index is -0.146. The van der Waals surface area contributed by atoms with Gasteiger partial charge in [-0.3, -0.25) is 14.2 Å². The highest BCUT2D eigenvalue weighted by molar-refractivity contribution is 5.92. The number of hydrogen-bond acceptors (Lipinski definition) is 3. The summed E-state index contributed by atoms with van der Waals surface area (Å²) >= 11 is 0. The van der Waals surface area contributed by atoms with E-state index in [9.17, 15) is 9.59 Å². The van der Waals surface area contributed by atoms with Crippen LogP contribution in [-0.2, 0) is 24.3 Å². The first-order valence-corrected chi connectivity index (χ1v) is 9.90. The lowest BCUT2D eigenvalue weighted by Gasteiger charge is -2.13. The van der Waals surface area contributed by atoms with Gasteiger partial charge < -0.3 is 9.88 Å². The number of nitrogens with zero attached hydrogens (tertiary/aromatic N) is 3. The lowest BCUT2D eigenvalue weighted by molar-refractivity contribution is -0.116. The summed E-state index contributed by atoms with van der Waals surface area (Å²) in [6.45, 7) is 6.72. The molecule has 0 atom stereocenters. The molecule has 1 aliphatic rings. The van der Waals surface area contributed by atoms with E-state index in [1.807, 2.05) is 45.0 Å². The monoisotopic (exact) mass is 378 g/mol. The Morgan fingerprint density at radius 3 is 2.75 bits per heavy atom. The van der Waals surface area contributed by atoms with Crippen molar-refractivity contribution in [3.63, 3.8) is 0 Å². The van der Waals surface area contributed by atoms with E-state index in [1.165, 1.54) is 0 Å². The Morgan fingerprint density at radius 1 is 1.14 bits per heavy atom. The van der Waals surface area contributed by atoms with Gasteiger partial charge in [0.1, 0.15) is 17.9 Å². The third kappa shape index (κ3) is 3.35. The summed E-state index contributed by atoms with van der Waals surface area (Å²) < 4.78 is 3.59. The van der Waals surface area contributed by atoms with Crippen LogP contribution in [0.1, 0.15) is 41.9 Å². The quantitative estimate of drug-likeness (QED) is 0.758. The summed E-state index contributed by atoms with van der Waals surface area (Å²) in [5, 5.41) is 2.97. The molecule has 0 bridgehead atoms. The molecule has 0 radical (unpaired) electrons. The summed E-state index contributed by atoms with van der Waals surface area (Å²) in [7, 11) is 0. The van der Waals surface area contributed by atoms with Crippen molar-refractivity contribution in [2.24, 2.45) is 0 Å². The normalized spacial score (nSPS) is 14.0. The standard InChI is InChI=1S/C22H26N4O2/c1-14-8-9-17(15(2)11-14)24-20(27)13-26-16(3)12-18-21(26)22(28)25-10-6-4-5-7-19(25)23-18/h8-9,11-12H,4-7,10,13H2,1-3H3,(H,24,27). The summed E-state index contributed by atoms with van der Waals surface area (Å²) in [4.78, 5) is 30.6. The summed E-state index contributed by atoms with van der Waals surface area (Å²) in [6, 6.07) is 7.84. The summed E-state index contributed by atoms with van der Waals surface area (Å²) in [5.41, 5.74) is 5.03. The van der Waals surface area contributed by atoms with Gasteiger partial charge in [0.05, 0.1) is 5.52 Å². The Hall–Kier alpha value is -2.89. The van der Waals surface area contributed by atoms with Gasteiger partial charge >= 0.3 is 0 Å². The van der Waals surface area contributed by atoms with Gasteiger partial charge in [-0.1, -0.05) is 24.1 Å². The van der Waals surface area contributed by atoms with Crippen molar-refractivity contribution in [3.8, 4) is 0 Å². The largest absolute Gasteiger partial charge is 0.330 e. The predicted octanol–water partition coefficient (Wildman–Crippen LogP) is 3.49. The maximum Gasteiger partial charge on any atom is 0.278 e. The maximum atomic E-state index is 13.2. The zero-order valence-corrected chi connectivity index (χ0v) is 16.7. The number of nitrogens with one attached hydrogen (secondary N) is 1. The Bertz CT molecular complexity index is 1120. The molecule has 1 amide bonds. The van der Waals surface area contributed by atoms with E-state index in [2.05, 4.69) is 5.32 Å². The molecule has 0 spiro atoms. The number of aromatic nitrogens is 3. The second kappa shape index (κ2) is 7.26. The van der Waals surface area contributed by atoms with Crippen LogP contribution in [0.2, 0.25) is 0 Å². The molecule has 28 heavy (non-hydrogen) atoms. The zero-order chi connectivity index (χ0) is 19.8. The molecule has 1 aliphatic heterocycles. The van der Waals surface area contributed by atoms with Gasteiger partial charge in [-0.05, 0) is 51.3 Å². The molecule has 0 unspecified atom stereocenters. The Labute approximate surface area is 164 Å².